The van der Waals surface area contributed by atoms with E-state index < -0.39 is 0 Å². The lowest BCUT2D eigenvalue weighted by Crippen LogP contribution is -2.41. The van der Waals surface area contributed by atoms with E-state index in [1.54, 1.807) is 0 Å². The highest BCUT2D eigenvalue weighted by Gasteiger charge is 2.23. The molecule has 0 bridgehead atoms. The van der Waals surface area contributed by atoms with Gasteiger partial charge in [0.05, 0.1) is 0 Å². The van der Waals surface area contributed by atoms with Crippen molar-refractivity contribution >= 4 is 0 Å². The van der Waals surface area contributed by atoms with Crippen LogP contribution in [0.25, 0.3) is 0 Å². The zero-order chi connectivity index (χ0) is 15.3. The largest absolute Gasteiger partial charge is 0.298 e. The van der Waals surface area contributed by atoms with Crippen molar-refractivity contribution in [3.8, 4) is 0 Å². The number of hydrogen-bond acceptors (Lipinski definition) is 1. The highest BCUT2D eigenvalue weighted by molar-refractivity contribution is 5.27. The number of nitrogens with zero attached hydrogens (tertiary/aromatic N) is 1. The predicted octanol–water partition coefficient (Wildman–Crippen LogP) is 5.17. The second-order valence-electron chi connectivity index (χ2n) is 7.09. The number of aryl methyl sites for hydroxylation is 1. The molecule has 0 N–H and O–H groups in total. The van der Waals surface area contributed by atoms with Crippen LogP contribution in [0, 0.1) is 6.92 Å². The summed E-state index contributed by atoms with van der Waals surface area (Å²) in [6, 6.07) is 10.3. The minimum Gasteiger partial charge on any atom is -0.298 e. The highest BCUT2D eigenvalue weighted by atomic mass is 15.2. The van der Waals surface area contributed by atoms with Gasteiger partial charge in [-0.05, 0) is 58.1 Å². The molecule has 0 heterocycles. The minimum absolute atomic E-state index is 0.244. The van der Waals surface area contributed by atoms with Crippen LogP contribution in [-0.4, -0.2) is 23.5 Å². The van der Waals surface area contributed by atoms with Gasteiger partial charge in [-0.25, -0.2) is 0 Å². The smallest absolute Gasteiger partial charge is 0.00670 e. The van der Waals surface area contributed by atoms with Crippen molar-refractivity contribution in [3.05, 3.63) is 35.4 Å². The zero-order valence-electron chi connectivity index (χ0n) is 14.5. The first kappa shape index (κ1) is 17.2. The van der Waals surface area contributed by atoms with Crippen molar-refractivity contribution in [1.29, 1.82) is 0 Å². The molecule has 1 aromatic carbocycles. The van der Waals surface area contributed by atoms with Crippen LogP contribution < -0.4 is 0 Å². The van der Waals surface area contributed by atoms with Gasteiger partial charge in [0.1, 0.15) is 0 Å². The molecule has 114 valence electrons. The Balaban J connectivity index is 2.72. The van der Waals surface area contributed by atoms with E-state index in [1.165, 1.54) is 30.5 Å². The highest BCUT2D eigenvalue weighted by Crippen LogP contribution is 2.28. The first-order chi connectivity index (χ1) is 9.27. The van der Waals surface area contributed by atoms with Crippen molar-refractivity contribution in [2.75, 3.05) is 6.54 Å². The average molecular weight is 275 g/mol. The predicted molar refractivity (Wildman–Crippen MR) is 90.4 cm³/mol. The number of rotatable bonds is 7. The molecule has 1 aromatic rings. The Morgan fingerprint density at radius 1 is 1.05 bits per heavy atom. The first-order valence-electron chi connectivity index (χ1n) is 8.10. The molecule has 0 aromatic heterocycles. The molecular weight excluding hydrogens is 242 g/mol. The third-order valence-corrected chi connectivity index (χ3v) is 4.65. The molecule has 0 aliphatic heterocycles. The van der Waals surface area contributed by atoms with Crippen molar-refractivity contribution in [2.45, 2.75) is 78.8 Å². The van der Waals surface area contributed by atoms with Crippen LogP contribution in [0.4, 0.5) is 0 Å². The van der Waals surface area contributed by atoms with Gasteiger partial charge in [-0.15, -0.1) is 0 Å². The molecule has 0 aliphatic carbocycles. The van der Waals surface area contributed by atoms with Crippen LogP contribution in [0.5, 0.6) is 0 Å². The fourth-order valence-corrected chi connectivity index (χ4v) is 2.78. The van der Waals surface area contributed by atoms with Gasteiger partial charge >= 0.3 is 0 Å². The Labute approximate surface area is 126 Å². The van der Waals surface area contributed by atoms with Crippen LogP contribution in [0.3, 0.4) is 0 Å². The molecule has 20 heavy (non-hydrogen) atoms. The van der Waals surface area contributed by atoms with Gasteiger partial charge in [-0.3, -0.25) is 4.90 Å². The standard InChI is InChI=1S/C19H33N/c1-8-17(5)20(15(2)3)14-13-19(6,7)18-11-9-16(4)10-12-18/h9-12,15,17H,8,13-14H2,1-7H3. The van der Waals surface area contributed by atoms with Gasteiger partial charge in [0.25, 0.3) is 0 Å². The maximum atomic E-state index is 2.63. The molecule has 1 heteroatoms. The molecule has 0 aliphatic rings. The van der Waals surface area contributed by atoms with E-state index in [1.807, 2.05) is 0 Å². The third-order valence-electron chi connectivity index (χ3n) is 4.65. The van der Waals surface area contributed by atoms with Crippen LogP contribution in [0.15, 0.2) is 24.3 Å². The van der Waals surface area contributed by atoms with E-state index in [0.29, 0.717) is 12.1 Å². The molecule has 1 atom stereocenters. The summed E-state index contributed by atoms with van der Waals surface area (Å²) in [7, 11) is 0. The van der Waals surface area contributed by atoms with E-state index in [9.17, 15) is 0 Å². The maximum Gasteiger partial charge on any atom is 0.00670 e. The summed E-state index contributed by atoms with van der Waals surface area (Å²) in [6.45, 7) is 17.3. The molecule has 0 fully saturated rings. The molecule has 0 spiro atoms. The Kier molecular flexibility index (Phi) is 6.26. The van der Waals surface area contributed by atoms with E-state index in [2.05, 4.69) is 77.6 Å². The molecule has 0 saturated carbocycles. The van der Waals surface area contributed by atoms with E-state index in [0.717, 1.165) is 0 Å². The molecule has 0 amide bonds. The van der Waals surface area contributed by atoms with Crippen molar-refractivity contribution in [3.63, 3.8) is 0 Å². The van der Waals surface area contributed by atoms with Crippen LogP contribution in [0.1, 0.15) is 65.5 Å². The van der Waals surface area contributed by atoms with Gasteiger partial charge in [0.15, 0.2) is 0 Å². The quantitative estimate of drug-likeness (QED) is 0.663. The second kappa shape index (κ2) is 7.26. The van der Waals surface area contributed by atoms with Crippen molar-refractivity contribution < 1.29 is 0 Å². The summed E-state index contributed by atoms with van der Waals surface area (Å²) < 4.78 is 0. The van der Waals surface area contributed by atoms with Crippen LogP contribution in [-0.2, 0) is 5.41 Å². The molecular formula is C19H33N. The Morgan fingerprint density at radius 2 is 1.60 bits per heavy atom. The van der Waals surface area contributed by atoms with E-state index in [4.69, 9.17) is 0 Å². The summed E-state index contributed by atoms with van der Waals surface area (Å²) in [5.74, 6) is 0. The Bertz CT molecular complexity index is 389. The third kappa shape index (κ3) is 4.63. The van der Waals surface area contributed by atoms with Gasteiger partial charge < -0.3 is 0 Å². The lowest BCUT2D eigenvalue weighted by atomic mass is 9.81. The average Bonchev–Trinajstić information content (AvgIpc) is 2.38. The minimum atomic E-state index is 0.244. The van der Waals surface area contributed by atoms with E-state index >= 15 is 0 Å². The van der Waals surface area contributed by atoms with Gasteiger partial charge in [0, 0.05) is 12.1 Å². The molecule has 1 rings (SSSR count). The van der Waals surface area contributed by atoms with E-state index in [-0.39, 0.29) is 5.41 Å². The fraction of sp³-hybridized carbons (Fsp3) is 0.684. The Hall–Kier alpha value is -0.820. The maximum absolute atomic E-state index is 2.63. The Morgan fingerprint density at radius 3 is 2.05 bits per heavy atom. The summed E-state index contributed by atoms with van der Waals surface area (Å²) in [5.41, 5.74) is 3.04. The first-order valence-corrected chi connectivity index (χ1v) is 8.10. The van der Waals surface area contributed by atoms with Gasteiger partial charge in [-0.2, -0.15) is 0 Å². The summed E-state index contributed by atoms with van der Waals surface area (Å²) in [5, 5.41) is 0. The molecule has 0 saturated heterocycles. The lowest BCUT2D eigenvalue weighted by molar-refractivity contribution is 0.147. The second-order valence-corrected chi connectivity index (χ2v) is 7.09. The van der Waals surface area contributed by atoms with Gasteiger partial charge in [-0.1, -0.05) is 50.6 Å². The molecule has 1 unspecified atom stereocenters. The summed E-state index contributed by atoms with van der Waals surface area (Å²) in [4.78, 5) is 2.63. The zero-order valence-corrected chi connectivity index (χ0v) is 14.5. The summed E-state index contributed by atoms with van der Waals surface area (Å²) in [6.07, 6.45) is 2.43. The molecule has 1 nitrogen and oxygen atoms in total. The SMILES string of the molecule is CCC(C)N(CCC(C)(C)c1ccc(C)cc1)C(C)C. The summed E-state index contributed by atoms with van der Waals surface area (Å²) >= 11 is 0. The van der Waals surface area contributed by atoms with Gasteiger partial charge in [0.2, 0.25) is 0 Å². The number of benzene rings is 1. The van der Waals surface area contributed by atoms with Crippen molar-refractivity contribution in [1.82, 2.24) is 4.90 Å². The fourth-order valence-electron chi connectivity index (χ4n) is 2.78. The topological polar surface area (TPSA) is 3.24 Å². The normalized spacial score (nSPS) is 14.1. The van der Waals surface area contributed by atoms with Crippen LogP contribution >= 0.6 is 0 Å². The molecule has 0 radical (unpaired) electrons. The monoisotopic (exact) mass is 275 g/mol. The van der Waals surface area contributed by atoms with Crippen LogP contribution in [0.2, 0.25) is 0 Å². The lowest BCUT2D eigenvalue weighted by Gasteiger charge is -2.35. The van der Waals surface area contributed by atoms with Crippen molar-refractivity contribution in [2.24, 2.45) is 0 Å². The number of hydrogen-bond donors (Lipinski definition) is 0.